The lowest BCUT2D eigenvalue weighted by Gasteiger charge is -2.15. The summed E-state index contributed by atoms with van der Waals surface area (Å²) in [5.41, 5.74) is 0. The molecular weight excluding hydrogens is 208 g/mol. The Morgan fingerprint density at radius 2 is 2.44 bits per heavy atom. The van der Waals surface area contributed by atoms with Crippen molar-refractivity contribution in [1.82, 2.24) is 19.7 Å². The molecule has 0 aliphatic carbocycles. The fraction of sp³-hybridized carbons (Fsp3) is 0.700. The molecule has 1 atom stereocenters. The number of aryl methyl sites for hydroxylation is 1. The summed E-state index contributed by atoms with van der Waals surface area (Å²) in [5.74, 6) is 1.11. The molecule has 1 aliphatic heterocycles. The van der Waals surface area contributed by atoms with E-state index < -0.39 is 0 Å². The van der Waals surface area contributed by atoms with Crippen LogP contribution in [0.2, 0.25) is 0 Å². The Morgan fingerprint density at radius 3 is 3.00 bits per heavy atom. The number of hydrogen-bond acceptors (Lipinski definition) is 4. The number of aliphatic hydroxyl groups is 1. The Kier molecular flexibility index (Phi) is 3.19. The number of amides is 1. The zero-order valence-corrected chi connectivity index (χ0v) is 9.33. The second-order valence-corrected chi connectivity index (χ2v) is 4.20. The summed E-state index contributed by atoms with van der Waals surface area (Å²) in [5, 5.41) is 16.7. The molecule has 2 rings (SSSR count). The molecule has 0 radical (unpaired) electrons. The molecule has 1 N–H and O–H groups in total. The number of aliphatic hydroxyl groups excluding tert-OH is 1. The lowest BCUT2D eigenvalue weighted by Crippen LogP contribution is -2.28. The summed E-state index contributed by atoms with van der Waals surface area (Å²) < 4.78 is 1.85. The van der Waals surface area contributed by atoms with Gasteiger partial charge in [-0.3, -0.25) is 4.79 Å². The first-order chi connectivity index (χ1) is 7.70. The SMILES string of the molecule is Cn1cnnc1CCN1CC(CO)CC1=O. The maximum absolute atomic E-state index is 11.6. The maximum Gasteiger partial charge on any atom is 0.223 e. The van der Waals surface area contributed by atoms with Crippen molar-refractivity contribution in [3.8, 4) is 0 Å². The molecule has 1 unspecified atom stereocenters. The highest BCUT2D eigenvalue weighted by Gasteiger charge is 2.28. The molecule has 88 valence electrons. The van der Waals surface area contributed by atoms with Gasteiger partial charge < -0.3 is 14.6 Å². The van der Waals surface area contributed by atoms with Crippen molar-refractivity contribution in [2.45, 2.75) is 12.8 Å². The van der Waals surface area contributed by atoms with Crippen LogP contribution in [0.15, 0.2) is 6.33 Å². The zero-order chi connectivity index (χ0) is 11.5. The molecule has 1 saturated heterocycles. The topological polar surface area (TPSA) is 71.2 Å². The first-order valence-electron chi connectivity index (χ1n) is 5.42. The highest BCUT2D eigenvalue weighted by atomic mass is 16.3. The molecule has 1 fully saturated rings. The van der Waals surface area contributed by atoms with E-state index in [2.05, 4.69) is 10.2 Å². The fourth-order valence-corrected chi connectivity index (χ4v) is 1.96. The van der Waals surface area contributed by atoms with Crippen LogP contribution in [0.4, 0.5) is 0 Å². The van der Waals surface area contributed by atoms with E-state index in [1.54, 1.807) is 11.2 Å². The molecule has 2 heterocycles. The van der Waals surface area contributed by atoms with Crippen molar-refractivity contribution < 1.29 is 9.90 Å². The summed E-state index contributed by atoms with van der Waals surface area (Å²) in [6, 6.07) is 0. The smallest absolute Gasteiger partial charge is 0.223 e. The Labute approximate surface area is 93.9 Å². The van der Waals surface area contributed by atoms with Crippen LogP contribution in [0.3, 0.4) is 0 Å². The molecular formula is C10H16N4O2. The predicted molar refractivity (Wildman–Crippen MR) is 56.5 cm³/mol. The van der Waals surface area contributed by atoms with Gasteiger partial charge >= 0.3 is 0 Å². The zero-order valence-electron chi connectivity index (χ0n) is 9.33. The van der Waals surface area contributed by atoms with Gasteiger partial charge in [-0.2, -0.15) is 0 Å². The summed E-state index contributed by atoms with van der Waals surface area (Å²) in [7, 11) is 1.89. The van der Waals surface area contributed by atoms with Gasteiger partial charge in [0.05, 0.1) is 0 Å². The van der Waals surface area contributed by atoms with Crippen molar-refractivity contribution in [3.63, 3.8) is 0 Å². The summed E-state index contributed by atoms with van der Waals surface area (Å²) in [4.78, 5) is 13.3. The van der Waals surface area contributed by atoms with Crippen LogP contribution in [-0.2, 0) is 18.3 Å². The molecule has 0 saturated carbocycles. The van der Waals surface area contributed by atoms with Crippen molar-refractivity contribution >= 4 is 5.91 Å². The lowest BCUT2D eigenvalue weighted by molar-refractivity contribution is -0.127. The number of nitrogens with zero attached hydrogens (tertiary/aromatic N) is 4. The highest BCUT2D eigenvalue weighted by molar-refractivity contribution is 5.78. The van der Waals surface area contributed by atoms with Gasteiger partial charge in [0.1, 0.15) is 12.2 Å². The number of aromatic nitrogens is 3. The molecule has 1 aromatic rings. The van der Waals surface area contributed by atoms with Crippen LogP contribution >= 0.6 is 0 Å². The van der Waals surface area contributed by atoms with Gasteiger partial charge in [0.25, 0.3) is 0 Å². The van der Waals surface area contributed by atoms with Gasteiger partial charge in [-0.05, 0) is 0 Å². The molecule has 0 bridgehead atoms. The van der Waals surface area contributed by atoms with Crippen molar-refractivity contribution in [2.75, 3.05) is 19.7 Å². The average Bonchev–Trinajstić information content (AvgIpc) is 2.82. The molecule has 6 heteroatoms. The van der Waals surface area contributed by atoms with Crippen molar-refractivity contribution in [3.05, 3.63) is 12.2 Å². The van der Waals surface area contributed by atoms with Crippen LogP contribution < -0.4 is 0 Å². The fourth-order valence-electron chi connectivity index (χ4n) is 1.96. The first-order valence-corrected chi connectivity index (χ1v) is 5.42. The van der Waals surface area contributed by atoms with Crippen LogP contribution in [0.25, 0.3) is 0 Å². The van der Waals surface area contributed by atoms with Crippen LogP contribution in [-0.4, -0.2) is 50.4 Å². The number of likely N-dealkylation sites (tertiary alicyclic amines) is 1. The minimum absolute atomic E-state index is 0.0895. The maximum atomic E-state index is 11.6. The second-order valence-electron chi connectivity index (χ2n) is 4.20. The van der Waals surface area contributed by atoms with Gasteiger partial charge in [-0.1, -0.05) is 0 Å². The largest absolute Gasteiger partial charge is 0.396 e. The molecule has 0 spiro atoms. The molecule has 16 heavy (non-hydrogen) atoms. The standard InChI is InChI=1S/C10H16N4O2/c1-13-7-11-12-9(13)2-3-14-5-8(6-15)4-10(14)16/h7-8,15H,2-6H2,1H3. The third-order valence-corrected chi connectivity index (χ3v) is 2.96. The lowest BCUT2D eigenvalue weighted by atomic mass is 10.1. The third kappa shape index (κ3) is 2.21. The Balaban J connectivity index is 1.87. The van der Waals surface area contributed by atoms with Gasteiger partial charge in [-0.25, -0.2) is 0 Å². The van der Waals surface area contributed by atoms with Gasteiger partial charge in [0, 0.05) is 45.5 Å². The van der Waals surface area contributed by atoms with E-state index in [4.69, 9.17) is 5.11 Å². The second kappa shape index (κ2) is 4.61. The van der Waals surface area contributed by atoms with E-state index in [0.29, 0.717) is 25.9 Å². The van der Waals surface area contributed by atoms with Gasteiger partial charge in [0.15, 0.2) is 0 Å². The van der Waals surface area contributed by atoms with E-state index in [-0.39, 0.29) is 18.4 Å². The van der Waals surface area contributed by atoms with E-state index in [9.17, 15) is 4.79 Å². The summed E-state index contributed by atoms with van der Waals surface area (Å²) in [6.45, 7) is 1.40. The predicted octanol–water partition coefficient (Wildman–Crippen LogP) is -0.802. The van der Waals surface area contributed by atoms with E-state index in [1.807, 2.05) is 11.6 Å². The minimum Gasteiger partial charge on any atom is -0.396 e. The number of hydrogen-bond donors (Lipinski definition) is 1. The number of carbonyl (C=O) groups excluding carboxylic acids is 1. The van der Waals surface area contributed by atoms with Gasteiger partial charge in [0.2, 0.25) is 5.91 Å². The number of rotatable bonds is 4. The first kappa shape index (κ1) is 11.1. The highest BCUT2D eigenvalue weighted by Crippen LogP contribution is 2.17. The van der Waals surface area contributed by atoms with Crippen LogP contribution in [0.1, 0.15) is 12.2 Å². The minimum atomic E-state index is 0.0895. The van der Waals surface area contributed by atoms with Crippen molar-refractivity contribution in [2.24, 2.45) is 13.0 Å². The van der Waals surface area contributed by atoms with E-state index in [0.717, 1.165) is 5.82 Å². The van der Waals surface area contributed by atoms with E-state index in [1.165, 1.54) is 0 Å². The van der Waals surface area contributed by atoms with Crippen LogP contribution in [0, 0.1) is 5.92 Å². The Morgan fingerprint density at radius 1 is 1.62 bits per heavy atom. The summed E-state index contributed by atoms with van der Waals surface area (Å²) >= 11 is 0. The molecule has 0 aromatic carbocycles. The normalized spacial score (nSPS) is 20.8. The quantitative estimate of drug-likeness (QED) is 0.726. The van der Waals surface area contributed by atoms with Crippen LogP contribution in [0.5, 0.6) is 0 Å². The average molecular weight is 224 g/mol. The molecule has 6 nitrogen and oxygen atoms in total. The van der Waals surface area contributed by atoms with Gasteiger partial charge in [-0.15, -0.1) is 10.2 Å². The third-order valence-electron chi connectivity index (χ3n) is 2.96. The number of carbonyl (C=O) groups is 1. The molecule has 1 aromatic heterocycles. The Hall–Kier alpha value is -1.43. The van der Waals surface area contributed by atoms with Crippen molar-refractivity contribution in [1.29, 1.82) is 0 Å². The Bertz CT molecular complexity index is 377. The van der Waals surface area contributed by atoms with E-state index >= 15 is 0 Å². The molecule has 1 amide bonds. The monoisotopic (exact) mass is 224 g/mol. The summed E-state index contributed by atoms with van der Waals surface area (Å²) in [6.07, 6.45) is 2.83. The molecule has 1 aliphatic rings.